The highest BCUT2D eigenvalue weighted by molar-refractivity contribution is 5.97. The van der Waals surface area contributed by atoms with Gasteiger partial charge in [-0.3, -0.25) is 9.48 Å². The van der Waals surface area contributed by atoms with Gasteiger partial charge in [0.05, 0.1) is 19.2 Å². The molecule has 0 spiro atoms. The number of benzene rings is 1. The number of hydrogen-bond acceptors (Lipinski definition) is 5. The largest absolute Gasteiger partial charge is 0.497 e. The Morgan fingerprint density at radius 1 is 1.12 bits per heavy atom. The minimum absolute atomic E-state index is 0.0290. The van der Waals surface area contributed by atoms with Gasteiger partial charge in [0.2, 0.25) is 0 Å². The van der Waals surface area contributed by atoms with Gasteiger partial charge < -0.3 is 18.8 Å². The van der Waals surface area contributed by atoms with Gasteiger partial charge in [-0.15, -0.1) is 10.2 Å². The van der Waals surface area contributed by atoms with Crippen LogP contribution in [0.5, 0.6) is 5.75 Å². The molecule has 170 valence electrons. The summed E-state index contributed by atoms with van der Waals surface area (Å²) in [6.07, 6.45) is 2.41. The van der Waals surface area contributed by atoms with Gasteiger partial charge in [-0.2, -0.15) is 5.10 Å². The third-order valence-corrected chi connectivity index (χ3v) is 6.60. The molecule has 1 amide bonds. The van der Waals surface area contributed by atoms with Gasteiger partial charge in [-0.25, -0.2) is 0 Å². The Labute approximate surface area is 192 Å². The number of carbonyl (C=O) groups excluding carboxylic acids is 1. The van der Waals surface area contributed by atoms with E-state index in [0.717, 1.165) is 51.6 Å². The van der Waals surface area contributed by atoms with E-state index in [0.29, 0.717) is 18.9 Å². The average molecular weight is 446 g/mol. The van der Waals surface area contributed by atoms with Crippen LogP contribution in [0.15, 0.2) is 36.7 Å². The number of hydrogen-bond donors (Lipinski definition) is 0. The van der Waals surface area contributed by atoms with Gasteiger partial charge in [0.1, 0.15) is 17.8 Å². The fraction of sp³-hybridized carbons (Fsp3) is 0.333. The molecule has 0 N–H and O–H groups in total. The van der Waals surface area contributed by atoms with E-state index in [4.69, 9.17) is 9.84 Å². The SMILES string of the molecule is COc1ccc(-c2cc(C(=O)N3CCc4c(c(-c5nncn5C)nn4C)C3)c(C)n2C)cc1. The molecule has 0 atom stereocenters. The molecular formula is C24H27N7O2. The van der Waals surface area contributed by atoms with Crippen LogP contribution in [0.1, 0.15) is 27.3 Å². The number of amides is 1. The number of methoxy groups -OCH3 is 1. The lowest BCUT2D eigenvalue weighted by Crippen LogP contribution is -2.36. The lowest BCUT2D eigenvalue weighted by molar-refractivity contribution is 0.0733. The molecule has 9 nitrogen and oxygen atoms in total. The molecule has 1 aliphatic rings. The first-order chi connectivity index (χ1) is 15.9. The molecule has 4 heterocycles. The molecule has 5 rings (SSSR count). The van der Waals surface area contributed by atoms with Gasteiger partial charge in [0.25, 0.3) is 5.91 Å². The number of nitrogens with zero attached hydrogens (tertiary/aromatic N) is 7. The zero-order chi connectivity index (χ0) is 23.3. The van der Waals surface area contributed by atoms with Gasteiger partial charge in [-0.1, -0.05) is 0 Å². The van der Waals surface area contributed by atoms with E-state index in [1.807, 2.05) is 72.5 Å². The molecule has 0 aliphatic carbocycles. The quantitative estimate of drug-likeness (QED) is 0.482. The van der Waals surface area contributed by atoms with Crippen molar-refractivity contribution in [2.45, 2.75) is 19.9 Å². The Morgan fingerprint density at radius 3 is 2.55 bits per heavy atom. The number of ether oxygens (including phenoxy) is 1. The zero-order valence-electron chi connectivity index (χ0n) is 19.5. The van der Waals surface area contributed by atoms with Crippen molar-refractivity contribution < 1.29 is 9.53 Å². The van der Waals surface area contributed by atoms with Crippen LogP contribution in [0, 0.1) is 6.92 Å². The monoisotopic (exact) mass is 445 g/mol. The Bertz CT molecular complexity index is 1340. The Morgan fingerprint density at radius 2 is 1.88 bits per heavy atom. The van der Waals surface area contributed by atoms with Gasteiger partial charge >= 0.3 is 0 Å². The summed E-state index contributed by atoms with van der Waals surface area (Å²) in [5.41, 5.74) is 6.66. The highest BCUT2D eigenvalue weighted by Crippen LogP contribution is 2.31. The molecular weight excluding hydrogens is 418 g/mol. The lowest BCUT2D eigenvalue weighted by Gasteiger charge is -2.27. The van der Waals surface area contributed by atoms with E-state index in [-0.39, 0.29) is 5.91 Å². The van der Waals surface area contributed by atoms with Crippen molar-refractivity contribution in [2.75, 3.05) is 13.7 Å². The maximum absolute atomic E-state index is 13.6. The Hall–Kier alpha value is -3.88. The van der Waals surface area contributed by atoms with Crippen LogP contribution in [0.25, 0.3) is 22.8 Å². The summed E-state index contributed by atoms with van der Waals surface area (Å²) in [6.45, 7) is 3.14. The number of aromatic nitrogens is 6. The van der Waals surface area contributed by atoms with Crippen molar-refractivity contribution in [1.29, 1.82) is 0 Å². The van der Waals surface area contributed by atoms with Crippen LogP contribution in [-0.4, -0.2) is 53.6 Å². The minimum Gasteiger partial charge on any atom is -0.497 e. The van der Waals surface area contributed by atoms with Crippen molar-refractivity contribution in [3.8, 4) is 28.5 Å². The summed E-state index contributed by atoms with van der Waals surface area (Å²) >= 11 is 0. The molecule has 0 fully saturated rings. The lowest BCUT2D eigenvalue weighted by atomic mass is 10.0. The molecule has 4 aromatic rings. The summed E-state index contributed by atoms with van der Waals surface area (Å²) in [5.74, 6) is 1.54. The minimum atomic E-state index is 0.0290. The first-order valence-corrected chi connectivity index (χ1v) is 10.9. The number of rotatable bonds is 4. The van der Waals surface area contributed by atoms with E-state index in [1.54, 1.807) is 13.4 Å². The third-order valence-electron chi connectivity index (χ3n) is 6.60. The summed E-state index contributed by atoms with van der Waals surface area (Å²) in [4.78, 5) is 15.5. The third kappa shape index (κ3) is 3.40. The number of fused-ring (bicyclic) bond motifs is 1. The predicted molar refractivity (Wildman–Crippen MR) is 124 cm³/mol. The topological polar surface area (TPSA) is 83.0 Å². The standard InChI is InChI=1S/C24H27N7O2/c1-15-18(12-21(29(15)3)16-6-8-17(33-5)9-7-16)24(32)31-11-10-20-19(13-31)22(27-30(20)4)23-26-25-14-28(23)2/h6-9,12,14H,10-11,13H2,1-5H3. The fourth-order valence-corrected chi connectivity index (χ4v) is 4.57. The van der Waals surface area contributed by atoms with Gasteiger partial charge in [0, 0.05) is 56.8 Å². The summed E-state index contributed by atoms with van der Waals surface area (Å²) < 4.78 is 11.1. The molecule has 33 heavy (non-hydrogen) atoms. The zero-order valence-corrected chi connectivity index (χ0v) is 19.5. The molecule has 1 aromatic carbocycles. The smallest absolute Gasteiger partial charge is 0.256 e. The van der Waals surface area contributed by atoms with Crippen molar-refractivity contribution in [2.24, 2.45) is 21.1 Å². The second-order valence-electron chi connectivity index (χ2n) is 8.46. The van der Waals surface area contributed by atoms with Crippen molar-refractivity contribution in [3.63, 3.8) is 0 Å². The van der Waals surface area contributed by atoms with E-state index in [1.165, 1.54) is 0 Å². The number of aryl methyl sites for hydroxylation is 2. The van der Waals surface area contributed by atoms with E-state index in [9.17, 15) is 4.79 Å². The van der Waals surface area contributed by atoms with Crippen molar-refractivity contribution in [1.82, 2.24) is 34.0 Å². The molecule has 9 heteroatoms. The molecule has 1 aliphatic heterocycles. The summed E-state index contributed by atoms with van der Waals surface area (Å²) in [7, 11) is 7.49. The summed E-state index contributed by atoms with van der Waals surface area (Å²) in [6, 6.07) is 9.88. The molecule has 0 unspecified atom stereocenters. The first kappa shape index (κ1) is 21.0. The van der Waals surface area contributed by atoms with E-state index >= 15 is 0 Å². The fourth-order valence-electron chi connectivity index (χ4n) is 4.57. The summed E-state index contributed by atoms with van der Waals surface area (Å²) in [5, 5.41) is 12.9. The van der Waals surface area contributed by atoms with Gasteiger partial charge in [-0.05, 0) is 42.8 Å². The van der Waals surface area contributed by atoms with Crippen LogP contribution < -0.4 is 4.74 Å². The van der Waals surface area contributed by atoms with Crippen LogP contribution in [0.3, 0.4) is 0 Å². The molecule has 0 saturated carbocycles. The molecule has 0 saturated heterocycles. The Kier molecular flexibility index (Phi) is 5.03. The van der Waals surface area contributed by atoms with Crippen LogP contribution in [-0.2, 0) is 34.1 Å². The van der Waals surface area contributed by atoms with Gasteiger partial charge in [0.15, 0.2) is 5.82 Å². The highest BCUT2D eigenvalue weighted by atomic mass is 16.5. The van der Waals surface area contributed by atoms with E-state index < -0.39 is 0 Å². The van der Waals surface area contributed by atoms with Crippen molar-refractivity contribution in [3.05, 3.63) is 59.2 Å². The first-order valence-electron chi connectivity index (χ1n) is 10.9. The van der Waals surface area contributed by atoms with E-state index in [2.05, 4.69) is 14.8 Å². The predicted octanol–water partition coefficient (Wildman–Crippen LogP) is 2.74. The second kappa shape index (κ2) is 7.91. The van der Waals surface area contributed by atoms with Crippen LogP contribution >= 0.6 is 0 Å². The molecule has 3 aromatic heterocycles. The second-order valence-corrected chi connectivity index (χ2v) is 8.46. The van der Waals surface area contributed by atoms with Crippen LogP contribution in [0.2, 0.25) is 0 Å². The maximum atomic E-state index is 13.6. The molecule has 0 radical (unpaired) electrons. The maximum Gasteiger partial charge on any atom is 0.256 e. The average Bonchev–Trinajstić information content (AvgIpc) is 3.49. The highest BCUT2D eigenvalue weighted by Gasteiger charge is 2.30. The number of carbonyl (C=O) groups is 1. The Balaban J connectivity index is 1.47. The molecule has 0 bridgehead atoms. The normalized spacial score (nSPS) is 13.3. The van der Waals surface area contributed by atoms with Crippen LogP contribution in [0.4, 0.5) is 0 Å². The van der Waals surface area contributed by atoms with Crippen molar-refractivity contribution >= 4 is 5.91 Å².